The second kappa shape index (κ2) is 7.44. The summed E-state index contributed by atoms with van der Waals surface area (Å²) < 4.78 is 17.2. The van der Waals surface area contributed by atoms with Gasteiger partial charge in [-0.1, -0.05) is 13.0 Å². The summed E-state index contributed by atoms with van der Waals surface area (Å²) in [6, 6.07) is 3.36. The van der Waals surface area contributed by atoms with E-state index in [2.05, 4.69) is 4.90 Å². The van der Waals surface area contributed by atoms with Gasteiger partial charge >= 0.3 is 11.9 Å². The minimum Gasteiger partial charge on any atom is -0.504 e. The highest BCUT2D eigenvalue weighted by atomic mass is 16.6. The zero-order chi connectivity index (χ0) is 23.7. The molecule has 1 fully saturated rings. The lowest BCUT2D eigenvalue weighted by molar-refractivity contribution is -0.176. The molecule has 6 atom stereocenters. The molecular formula is C24H30N2O7. The van der Waals surface area contributed by atoms with Gasteiger partial charge in [0.25, 0.3) is 0 Å². The number of phenolic OH excluding ortho intramolecular Hbond substituents is 1. The maximum absolute atomic E-state index is 12.8. The van der Waals surface area contributed by atoms with Crippen LogP contribution in [0.5, 0.6) is 11.5 Å². The van der Waals surface area contributed by atoms with Crippen LogP contribution in [0.3, 0.4) is 0 Å². The molecule has 1 aromatic rings. The van der Waals surface area contributed by atoms with E-state index in [4.69, 9.17) is 19.9 Å². The summed E-state index contributed by atoms with van der Waals surface area (Å²) in [5.74, 6) is -1.22. The summed E-state index contributed by atoms with van der Waals surface area (Å²) in [7, 11) is 2.00. The number of likely N-dealkylation sites (N-methyl/N-ethyl adjacent to an activating group) is 1. The Bertz CT molecular complexity index is 1060. The molecule has 0 saturated carbocycles. The van der Waals surface area contributed by atoms with Crippen LogP contribution in [0.2, 0.25) is 0 Å². The number of phenols is 1. The number of carbonyl (C=O) groups is 2. The molecule has 1 saturated heterocycles. The third-order valence-corrected chi connectivity index (χ3v) is 7.95. The molecule has 4 N–H and O–H groups in total. The highest BCUT2D eigenvalue weighted by molar-refractivity contribution is 5.81. The van der Waals surface area contributed by atoms with E-state index in [-0.39, 0.29) is 30.5 Å². The number of ether oxygens (including phenoxy) is 3. The Labute approximate surface area is 192 Å². The number of likely N-dealkylation sites (tertiary alicyclic amines) is 1. The van der Waals surface area contributed by atoms with Crippen molar-refractivity contribution in [3.8, 4) is 11.5 Å². The average molecular weight is 459 g/mol. The average Bonchev–Trinajstić information content (AvgIpc) is 3.15. The van der Waals surface area contributed by atoms with Crippen molar-refractivity contribution in [1.29, 1.82) is 0 Å². The number of aromatic hydroxyl groups is 1. The van der Waals surface area contributed by atoms with E-state index in [9.17, 15) is 19.8 Å². The molecule has 2 heterocycles. The number of aliphatic hydroxyl groups is 1. The maximum Gasteiger partial charge on any atom is 0.352 e. The quantitative estimate of drug-likeness (QED) is 0.547. The third-order valence-electron chi connectivity index (χ3n) is 7.95. The summed E-state index contributed by atoms with van der Waals surface area (Å²) in [5, 5.41) is 22.6. The summed E-state index contributed by atoms with van der Waals surface area (Å²) in [4.78, 5) is 27.0. The van der Waals surface area contributed by atoms with Crippen LogP contribution in [0.15, 0.2) is 24.0 Å². The number of benzene rings is 1. The number of nitrogens with zero attached hydrogens (tertiary/aromatic N) is 1. The van der Waals surface area contributed by atoms with Gasteiger partial charge in [-0.3, -0.25) is 4.79 Å². The molecule has 0 radical (unpaired) electrons. The van der Waals surface area contributed by atoms with Crippen molar-refractivity contribution in [2.75, 3.05) is 20.1 Å². The Morgan fingerprint density at radius 3 is 2.82 bits per heavy atom. The largest absolute Gasteiger partial charge is 0.504 e. The Hall–Kier alpha value is -2.62. The fraction of sp³-hybridized carbons (Fsp3) is 0.583. The summed E-state index contributed by atoms with van der Waals surface area (Å²) in [6.45, 7) is 3.91. The second-order valence-corrected chi connectivity index (χ2v) is 9.74. The first-order valence-corrected chi connectivity index (χ1v) is 11.4. The van der Waals surface area contributed by atoms with Gasteiger partial charge < -0.3 is 35.1 Å². The SMILES string of the molecule is C[C@H](CN)C(=O)O[C@@H](C)C(=O)OC1=CC[C@@]2(O)[C@H]3Cc4ccc(O)c5c4[C@@]2(CCN3C)[C@H]1O5. The van der Waals surface area contributed by atoms with E-state index >= 15 is 0 Å². The number of hydrogen-bond donors (Lipinski definition) is 3. The predicted molar refractivity (Wildman–Crippen MR) is 116 cm³/mol. The van der Waals surface area contributed by atoms with E-state index in [1.54, 1.807) is 19.1 Å². The molecule has 0 aromatic heterocycles. The Kier molecular flexibility index (Phi) is 5.00. The van der Waals surface area contributed by atoms with Crippen LogP contribution in [-0.4, -0.2) is 71.0 Å². The van der Waals surface area contributed by atoms with Crippen LogP contribution >= 0.6 is 0 Å². The number of carbonyl (C=O) groups excluding carboxylic acids is 2. The van der Waals surface area contributed by atoms with E-state index in [0.29, 0.717) is 18.6 Å². The minimum absolute atomic E-state index is 0.000926. The standard InChI is InChI=1S/C24H30N2O7/c1-12(11-25)21(28)31-13(2)22(29)32-16-6-7-24(30)17-10-14-4-5-15(27)19-18(14)23(24,20(16)33-19)8-9-26(17)3/h4-6,12-13,17,20,27,30H,7-11,25H2,1-3H3/t12-,13+,17-,20+,23+,24-/m1/s1. The van der Waals surface area contributed by atoms with Gasteiger partial charge in [0.1, 0.15) is 5.76 Å². The zero-order valence-corrected chi connectivity index (χ0v) is 19.0. The molecule has 1 aromatic carbocycles. The predicted octanol–water partition coefficient (Wildman–Crippen LogP) is 0.740. The second-order valence-electron chi connectivity index (χ2n) is 9.74. The topological polar surface area (TPSA) is 132 Å². The highest BCUT2D eigenvalue weighted by Gasteiger charge is 2.72. The fourth-order valence-corrected chi connectivity index (χ4v) is 6.07. The van der Waals surface area contributed by atoms with Gasteiger partial charge in [-0.15, -0.1) is 0 Å². The first kappa shape index (κ1) is 22.2. The maximum atomic E-state index is 12.8. The third kappa shape index (κ3) is 2.88. The van der Waals surface area contributed by atoms with Crippen molar-refractivity contribution in [3.63, 3.8) is 0 Å². The number of rotatable bonds is 5. The molecule has 2 aliphatic heterocycles. The molecule has 2 bridgehead atoms. The van der Waals surface area contributed by atoms with Gasteiger partial charge in [0, 0.05) is 24.6 Å². The van der Waals surface area contributed by atoms with Crippen LogP contribution < -0.4 is 10.5 Å². The zero-order valence-electron chi connectivity index (χ0n) is 19.0. The lowest BCUT2D eigenvalue weighted by Gasteiger charge is -2.61. The minimum atomic E-state index is -1.14. The van der Waals surface area contributed by atoms with E-state index in [0.717, 1.165) is 17.7 Å². The molecule has 33 heavy (non-hydrogen) atoms. The van der Waals surface area contributed by atoms with Crippen molar-refractivity contribution in [1.82, 2.24) is 4.90 Å². The molecule has 9 nitrogen and oxygen atoms in total. The van der Waals surface area contributed by atoms with Crippen molar-refractivity contribution in [2.24, 2.45) is 11.7 Å². The molecule has 9 heteroatoms. The summed E-state index contributed by atoms with van der Waals surface area (Å²) >= 11 is 0. The first-order valence-electron chi connectivity index (χ1n) is 11.4. The van der Waals surface area contributed by atoms with Crippen LogP contribution in [0, 0.1) is 5.92 Å². The first-order chi connectivity index (χ1) is 15.6. The Morgan fingerprint density at radius 1 is 1.33 bits per heavy atom. The Balaban J connectivity index is 1.49. The van der Waals surface area contributed by atoms with E-state index in [1.807, 2.05) is 13.1 Å². The van der Waals surface area contributed by atoms with E-state index < -0.39 is 41.1 Å². The molecule has 0 amide bonds. The van der Waals surface area contributed by atoms with Crippen LogP contribution in [-0.2, 0) is 30.9 Å². The lowest BCUT2D eigenvalue weighted by Crippen LogP contribution is -2.74. The van der Waals surface area contributed by atoms with Gasteiger partial charge in [0.15, 0.2) is 23.7 Å². The molecule has 1 spiro atoms. The van der Waals surface area contributed by atoms with Crippen molar-refractivity contribution in [2.45, 2.75) is 62.4 Å². The highest BCUT2D eigenvalue weighted by Crippen LogP contribution is 2.65. The summed E-state index contributed by atoms with van der Waals surface area (Å²) in [5.41, 5.74) is 5.36. The molecule has 4 aliphatic rings. The monoisotopic (exact) mass is 458 g/mol. The number of esters is 2. The van der Waals surface area contributed by atoms with Crippen molar-refractivity contribution < 1.29 is 34.0 Å². The lowest BCUT2D eigenvalue weighted by atomic mass is 9.50. The molecule has 0 unspecified atom stereocenters. The van der Waals surface area contributed by atoms with Crippen LogP contribution in [0.1, 0.15) is 37.8 Å². The van der Waals surface area contributed by atoms with Crippen molar-refractivity contribution in [3.05, 3.63) is 35.1 Å². The number of hydrogen-bond acceptors (Lipinski definition) is 9. The van der Waals surface area contributed by atoms with Gasteiger partial charge in [-0.2, -0.15) is 0 Å². The van der Waals surface area contributed by atoms with Gasteiger partial charge in [-0.05, 0) is 51.1 Å². The van der Waals surface area contributed by atoms with Crippen LogP contribution in [0.4, 0.5) is 0 Å². The summed E-state index contributed by atoms with van der Waals surface area (Å²) in [6.07, 6.45) is 1.29. The molecular weight excluding hydrogens is 428 g/mol. The molecule has 2 aliphatic carbocycles. The molecule has 178 valence electrons. The van der Waals surface area contributed by atoms with Crippen molar-refractivity contribution >= 4 is 11.9 Å². The number of piperidine rings is 1. The van der Waals surface area contributed by atoms with Crippen LogP contribution in [0.25, 0.3) is 0 Å². The van der Waals surface area contributed by atoms with Gasteiger partial charge in [0.05, 0.1) is 16.9 Å². The Morgan fingerprint density at radius 2 is 2.09 bits per heavy atom. The van der Waals surface area contributed by atoms with Gasteiger partial charge in [-0.25, -0.2) is 4.79 Å². The molecule has 5 rings (SSSR count). The normalized spacial score (nSPS) is 33.3. The fourth-order valence-electron chi connectivity index (χ4n) is 6.07. The number of nitrogens with two attached hydrogens (primary N) is 1. The smallest absolute Gasteiger partial charge is 0.352 e. The van der Waals surface area contributed by atoms with E-state index in [1.165, 1.54) is 6.92 Å². The van der Waals surface area contributed by atoms with Gasteiger partial charge in [0.2, 0.25) is 0 Å².